The smallest absolute Gasteiger partial charge is 0.305 e. The number of unbranched alkanes of at least 4 members (excludes halogenated alkanes) is 2. The van der Waals surface area contributed by atoms with Crippen LogP contribution in [0, 0.1) is 23.2 Å². The van der Waals surface area contributed by atoms with Gasteiger partial charge in [-0.2, -0.15) is 0 Å². The molecular formula is C18H29BrO2. The van der Waals surface area contributed by atoms with Crippen LogP contribution < -0.4 is 0 Å². The number of rotatable bonds is 8. The number of hydrogen-bond donors (Lipinski definition) is 0. The van der Waals surface area contributed by atoms with Crippen LogP contribution >= 0.6 is 15.9 Å². The van der Waals surface area contributed by atoms with Gasteiger partial charge in [0, 0.05) is 11.8 Å². The van der Waals surface area contributed by atoms with Crippen molar-refractivity contribution < 1.29 is 9.53 Å². The molecule has 120 valence electrons. The molecule has 0 spiro atoms. The molecule has 2 nitrogen and oxygen atoms in total. The Morgan fingerprint density at radius 1 is 1.00 bits per heavy atom. The third-order valence-corrected chi connectivity index (χ3v) is 6.64. The molecule has 21 heavy (non-hydrogen) atoms. The van der Waals surface area contributed by atoms with Crippen LogP contribution in [0.2, 0.25) is 0 Å². The quantitative estimate of drug-likeness (QED) is 0.344. The molecule has 0 radical (unpaired) electrons. The summed E-state index contributed by atoms with van der Waals surface area (Å²) in [6, 6.07) is 0. The first-order chi connectivity index (χ1) is 10.2. The van der Waals surface area contributed by atoms with Gasteiger partial charge in [0.05, 0.1) is 6.61 Å². The molecule has 0 aromatic carbocycles. The van der Waals surface area contributed by atoms with Crippen LogP contribution in [0.4, 0.5) is 0 Å². The zero-order valence-corrected chi connectivity index (χ0v) is 14.7. The van der Waals surface area contributed by atoms with Crippen LogP contribution in [-0.4, -0.2) is 17.9 Å². The summed E-state index contributed by atoms with van der Waals surface area (Å²) in [5.74, 6) is 3.01. The van der Waals surface area contributed by atoms with Crippen molar-refractivity contribution in [3.8, 4) is 0 Å². The van der Waals surface area contributed by atoms with Crippen LogP contribution in [0.15, 0.2) is 0 Å². The lowest BCUT2D eigenvalue weighted by molar-refractivity contribution is -0.146. The number of carbonyl (C=O) groups is 1. The van der Waals surface area contributed by atoms with Gasteiger partial charge in [-0.25, -0.2) is 0 Å². The monoisotopic (exact) mass is 356 g/mol. The lowest BCUT2D eigenvalue weighted by atomic mass is 9.49. The molecule has 4 bridgehead atoms. The van der Waals surface area contributed by atoms with Crippen molar-refractivity contribution in [1.82, 2.24) is 0 Å². The van der Waals surface area contributed by atoms with E-state index in [2.05, 4.69) is 15.9 Å². The van der Waals surface area contributed by atoms with Crippen molar-refractivity contribution in [1.29, 1.82) is 0 Å². The van der Waals surface area contributed by atoms with Crippen molar-refractivity contribution in [3.05, 3.63) is 0 Å². The second-order valence-corrected chi connectivity index (χ2v) is 8.68. The molecule has 0 heterocycles. The molecule has 0 amide bonds. The van der Waals surface area contributed by atoms with Gasteiger partial charge in [0.1, 0.15) is 0 Å². The first-order valence-electron chi connectivity index (χ1n) is 8.91. The molecule has 0 N–H and O–H groups in total. The fourth-order valence-corrected chi connectivity index (χ4v) is 5.99. The third kappa shape index (κ3) is 4.03. The van der Waals surface area contributed by atoms with Crippen molar-refractivity contribution in [2.24, 2.45) is 23.2 Å². The van der Waals surface area contributed by atoms with Gasteiger partial charge < -0.3 is 4.74 Å². The first kappa shape index (κ1) is 15.8. The molecule has 4 fully saturated rings. The predicted octanol–water partition coefficient (Wildman–Crippen LogP) is 5.09. The Labute approximate surface area is 137 Å². The Morgan fingerprint density at radius 2 is 1.62 bits per heavy atom. The van der Waals surface area contributed by atoms with E-state index in [0.717, 1.165) is 48.8 Å². The maximum atomic E-state index is 11.8. The van der Waals surface area contributed by atoms with Crippen LogP contribution in [0.1, 0.15) is 70.6 Å². The fraction of sp³-hybridized carbons (Fsp3) is 0.944. The molecule has 4 rings (SSSR count). The van der Waals surface area contributed by atoms with Crippen molar-refractivity contribution >= 4 is 21.9 Å². The molecule has 4 saturated carbocycles. The lowest BCUT2D eigenvalue weighted by Crippen LogP contribution is -2.46. The number of esters is 1. The summed E-state index contributed by atoms with van der Waals surface area (Å²) in [5, 5.41) is 1.04. The lowest BCUT2D eigenvalue weighted by Gasteiger charge is -2.57. The van der Waals surface area contributed by atoms with Gasteiger partial charge in [-0.1, -0.05) is 22.4 Å². The Balaban J connectivity index is 1.36. The minimum absolute atomic E-state index is 0.0225. The standard InChI is InChI=1S/C18H29BrO2/c19-6-3-1-2-4-17(20)21-7-5-18-11-14-8-15(12-18)10-16(9-14)13-18/h14-16H,1-13H2. The summed E-state index contributed by atoms with van der Waals surface area (Å²) in [6.45, 7) is 0.670. The van der Waals surface area contributed by atoms with Crippen LogP contribution in [-0.2, 0) is 9.53 Å². The number of ether oxygens (including phenoxy) is 1. The number of halogens is 1. The highest BCUT2D eigenvalue weighted by Gasteiger charge is 2.50. The van der Waals surface area contributed by atoms with E-state index in [1.807, 2.05) is 0 Å². The van der Waals surface area contributed by atoms with E-state index in [1.54, 1.807) is 0 Å². The molecule has 0 unspecified atom stereocenters. The molecule has 0 aliphatic heterocycles. The van der Waals surface area contributed by atoms with Crippen LogP contribution in [0.5, 0.6) is 0 Å². The van der Waals surface area contributed by atoms with Gasteiger partial charge in [0.15, 0.2) is 0 Å². The number of alkyl halides is 1. The Morgan fingerprint density at radius 3 is 2.19 bits per heavy atom. The van der Waals surface area contributed by atoms with Crippen LogP contribution in [0.3, 0.4) is 0 Å². The topological polar surface area (TPSA) is 26.3 Å². The highest BCUT2D eigenvalue weighted by molar-refractivity contribution is 9.09. The number of hydrogen-bond acceptors (Lipinski definition) is 2. The van der Waals surface area contributed by atoms with Gasteiger partial charge >= 0.3 is 5.97 Å². The summed E-state index contributed by atoms with van der Waals surface area (Å²) in [5.41, 5.74) is 0.547. The summed E-state index contributed by atoms with van der Waals surface area (Å²) < 4.78 is 5.51. The minimum atomic E-state index is 0.0225. The second kappa shape index (κ2) is 7.02. The van der Waals surface area contributed by atoms with E-state index in [9.17, 15) is 4.79 Å². The SMILES string of the molecule is O=C(CCCCCBr)OCCC12CC3CC(CC(C3)C1)C2. The average molecular weight is 357 g/mol. The molecule has 3 heteroatoms. The van der Waals surface area contributed by atoms with Crippen molar-refractivity contribution in [3.63, 3.8) is 0 Å². The second-order valence-electron chi connectivity index (χ2n) is 7.89. The van der Waals surface area contributed by atoms with Gasteiger partial charge in [0.25, 0.3) is 0 Å². The van der Waals surface area contributed by atoms with Gasteiger partial charge in [0.2, 0.25) is 0 Å². The van der Waals surface area contributed by atoms with E-state index in [0.29, 0.717) is 18.4 Å². The molecular weight excluding hydrogens is 328 g/mol. The summed E-state index contributed by atoms with van der Waals surface area (Å²) in [6.07, 6.45) is 13.7. The normalized spacial score (nSPS) is 36.9. The number of carbonyl (C=O) groups excluding carboxylic acids is 1. The minimum Gasteiger partial charge on any atom is -0.466 e. The van der Waals surface area contributed by atoms with E-state index < -0.39 is 0 Å². The largest absolute Gasteiger partial charge is 0.466 e. The Bertz CT molecular complexity index is 331. The third-order valence-electron chi connectivity index (χ3n) is 6.08. The molecule has 0 aromatic heterocycles. The van der Waals surface area contributed by atoms with E-state index in [-0.39, 0.29) is 5.97 Å². The molecule has 0 atom stereocenters. The highest BCUT2D eigenvalue weighted by Crippen LogP contribution is 2.61. The zero-order valence-electron chi connectivity index (χ0n) is 13.1. The molecule has 4 aliphatic carbocycles. The first-order valence-corrected chi connectivity index (χ1v) is 10.0. The van der Waals surface area contributed by atoms with E-state index >= 15 is 0 Å². The maximum Gasteiger partial charge on any atom is 0.305 e. The summed E-state index contributed by atoms with van der Waals surface area (Å²) in [4.78, 5) is 11.8. The molecule has 0 saturated heterocycles. The Kier molecular flexibility index (Phi) is 5.29. The molecule has 0 aromatic rings. The van der Waals surface area contributed by atoms with Crippen molar-refractivity contribution in [2.75, 3.05) is 11.9 Å². The molecule has 4 aliphatic rings. The highest BCUT2D eigenvalue weighted by atomic mass is 79.9. The van der Waals surface area contributed by atoms with Gasteiger partial charge in [-0.05, 0) is 81.0 Å². The fourth-order valence-electron chi connectivity index (χ4n) is 5.59. The summed E-state index contributed by atoms with van der Waals surface area (Å²) >= 11 is 3.42. The van der Waals surface area contributed by atoms with E-state index in [4.69, 9.17) is 4.74 Å². The Hall–Kier alpha value is -0.0500. The van der Waals surface area contributed by atoms with E-state index in [1.165, 1.54) is 38.5 Å². The zero-order chi connectivity index (χ0) is 14.7. The average Bonchev–Trinajstić information content (AvgIpc) is 2.42. The predicted molar refractivity (Wildman–Crippen MR) is 88.4 cm³/mol. The van der Waals surface area contributed by atoms with Crippen LogP contribution in [0.25, 0.3) is 0 Å². The van der Waals surface area contributed by atoms with Gasteiger partial charge in [-0.3, -0.25) is 4.79 Å². The maximum absolute atomic E-state index is 11.8. The van der Waals surface area contributed by atoms with Gasteiger partial charge in [-0.15, -0.1) is 0 Å². The van der Waals surface area contributed by atoms with Crippen molar-refractivity contribution in [2.45, 2.75) is 70.6 Å². The summed E-state index contributed by atoms with van der Waals surface area (Å²) in [7, 11) is 0.